The van der Waals surface area contributed by atoms with Crippen LogP contribution in [0.5, 0.6) is 0 Å². The summed E-state index contributed by atoms with van der Waals surface area (Å²) in [4.78, 5) is 12.8. The monoisotopic (exact) mass is 295 g/mol. The van der Waals surface area contributed by atoms with Gasteiger partial charge in [0, 0.05) is 6.04 Å². The lowest BCUT2D eigenvalue weighted by Gasteiger charge is -2.51. The van der Waals surface area contributed by atoms with Crippen molar-refractivity contribution >= 4 is 5.97 Å². The van der Waals surface area contributed by atoms with E-state index in [1.807, 2.05) is 6.92 Å². The molecule has 1 N–H and O–H groups in total. The fourth-order valence-corrected chi connectivity index (χ4v) is 5.15. The molecule has 0 radical (unpaired) electrons. The standard InChI is InChI=1S/C18H33NO2/c1-6-21-15(20)18(19-14-9-7-8-10-14)12-16(2,3)11-17(4,5)13-18/h14,19H,6-13H2,1-5H3. The predicted molar refractivity (Wildman–Crippen MR) is 86.2 cm³/mol. The van der Waals surface area contributed by atoms with Gasteiger partial charge in [0.2, 0.25) is 0 Å². The highest BCUT2D eigenvalue weighted by molar-refractivity contribution is 5.81. The topological polar surface area (TPSA) is 38.3 Å². The van der Waals surface area contributed by atoms with E-state index in [2.05, 4.69) is 33.0 Å². The maximum atomic E-state index is 12.8. The highest BCUT2D eigenvalue weighted by atomic mass is 16.5. The Hall–Kier alpha value is -0.570. The van der Waals surface area contributed by atoms with Gasteiger partial charge in [0.25, 0.3) is 0 Å². The Bertz CT molecular complexity index is 365. The molecule has 0 bridgehead atoms. The molecule has 0 spiro atoms. The number of hydrogen-bond acceptors (Lipinski definition) is 3. The first kappa shape index (κ1) is 16.8. The van der Waals surface area contributed by atoms with E-state index >= 15 is 0 Å². The van der Waals surface area contributed by atoms with Gasteiger partial charge in [0.1, 0.15) is 5.54 Å². The minimum atomic E-state index is -0.490. The molecule has 3 heteroatoms. The number of ether oxygens (including phenoxy) is 1. The van der Waals surface area contributed by atoms with Crippen molar-refractivity contribution in [1.82, 2.24) is 5.32 Å². The van der Waals surface area contributed by atoms with Gasteiger partial charge < -0.3 is 4.74 Å². The summed E-state index contributed by atoms with van der Waals surface area (Å²) in [5.74, 6) is -0.0299. The second kappa shape index (κ2) is 5.91. The molecule has 0 aromatic rings. The summed E-state index contributed by atoms with van der Waals surface area (Å²) < 4.78 is 5.48. The summed E-state index contributed by atoms with van der Waals surface area (Å²) in [5.41, 5.74) is -0.156. The molecule has 0 heterocycles. The largest absolute Gasteiger partial charge is 0.465 e. The fraction of sp³-hybridized carbons (Fsp3) is 0.944. The van der Waals surface area contributed by atoms with E-state index in [1.54, 1.807) is 0 Å². The van der Waals surface area contributed by atoms with Crippen LogP contribution < -0.4 is 5.32 Å². The zero-order valence-electron chi connectivity index (χ0n) is 14.6. The zero-order chi connectivity index (χ0) is 15.7. The smallest absolute Gasteiger partial charge is 0.326 e. The van der Waals surface area contributed by atoms with Gasteiger partial charge in [-0.15, -0.1) is 0 Å². The maximum Gasteiger partial charge on any atom is 0.326 e. The number of esters is 1. The van der Waals surface area contributed by atoms with Crippen LogP contribution in [0.4, 0.5) is 0 Å². The van der Waals surface area contributed by atoms with Crippen molar-refractivity contribution in [3.05, 3.63) is 0 Å². The van der Waals surface area contributed by atoms with E-state index in [1.165, 1.54) is 25.7 Å². The minimum absolute atomic E-state index is 0.0299. The van der Waals surface area contributed by atoms with Crippen molar-refractivity contribution < 1.29 is 9.53 Å². The molecule has 0 unspecified atom stereocenters. The molecular formula is C18H33NO2. The third kappa shape index (κ3) is 4.00. The highest BCUT2D eigenvalue weighted by Crippen LogP contribution is 2.51. The fourth-order valence-electron chi connectivity index (χ4n) is 5.15. The van der Waals surface area contributed by atoms with Crippen molar-refractivity contribution in [2.75, 3.05) is 6.61 Å². The molecule has 122 valence electrons. The molecule has 2 saturated carbocycles. The van der Waals surface area contributed by atoms with Crippen LogP contribution in [-0.4, -0.2) is 24.2 Å². The van der Waals surface area contributed by atoms with E-state index in [0.29, 0.717) is 12.6 Å². The van der Waals surface area contributed by atoms with E-state index in [9.17, 15) is 4.79 Å². The van der Waals surface area contributed by atoms with Crippen LogP contribution in [0.1, 0.15) is 79.6 Å². The normalized spacial score (nSPS) is 27.5. The molecule has 3 nitrogen and oxygen atoms in total. The molecule has 0 aliphatic heterocycles. The van der Waals surface area contributed by atoms with Gasteiger partial charge in [-0.1, -0.05) is 40.5 Å². The van der Waals surface area contributed by atoms with Gasteiger partial charge in [-0.05, 0) is 49.9 Å². The van der Waals surface area contributed by atoms with Gasteiger partial charge in [-0.2, -0.15) is 0 Å². The van der Waals surface area contributed by atoms with E-state index in [4.69, 9.17) is 4.74 Å². The van der Waals surface area contributed by atoms with Crippen LogP contribution in [0, 0.1) is 10.8 Å². The summed E-state index contributed by atoms with van der Waals surface area (Å²) in [7, 11) is 0. The predicted octanol–water partition coefficient (Wildman–Crippen LogP) is 4.06. The van der Waals surface area contributed by atoms with E-state index in [-0.39, 0.29) is 16.8 Å². The zero-order valence-corrected chi connectivity index (χ0v) is 14.6. The first-order valence-electron chi connectivity index (χ1n) is 8.63. The van der Waals surface area contributed by atoms with Crippen LogP contribution >= 0.6 is 0 Å². The molecule has 2 aliphatic rings. The number of carbonyl (C=O) groups excluding carboxylic acids is 1. The first-order valence-corrected chi connectivity index (χ1v) is 8.63. The van der Waals surface area contributed by atoms with E-state index in [0.717, 1.165) is 19.3 Å². The number of hydrogen-bond donors (Lipinski definition) is 1. The van der Waals surface area contributed by atoms with Crippen molar-refractivity contribution in [1.29, 1.82) is 0 Å². The first-order chi connectivity index (χ1) is 9.68. The van der Waals surface area contributed by atoms with Crippen LogP contribution in [0.3, 0.4) is 0 Å². The summed E-state index contributed by atoms with van der Waals surface area (Å²) in [6.45, 7) is 11.5. The molecule has 0 aromatic carbocycles. The Kier molecular flexibility index (Phi) is 4.72. The molecule has 0 aromatic heterocycles. The van der Waals surface area contributed by atoms with Crippen LogP contribution in [0.15, 0.2) is 0 Å². The van der Waals surface area contributed by atoms with Gasteiger partial charge >= 0.3 is 5.97 Å². The lowest BCUT2D eigenvalue weighted by Crippen LogP contribution is -2.62. The van der Waals surface area contributed by atoms with Crippen molar-refractivity contribution in [3.8, 4) is 0 Å². The summed E-state index contributed by atoms with van der Waals surface area (Å²) in [5, 5.41) is 3.75. The third-order valence-corrected chi connectivity index (χ3v) is 5.02. The van der Waals surface area contributed by atoms with Crippen LogP contribution in [0.2, 0.25) is 0 Å². The molecule has 0 atom stereocenters. The van der Waals surface area contributed by atoms with Crippen LogP contribution in [0.25, 0.3) is 0 Å². The van der Waals surface area contributed by atoms with Crippen molar-refractivity contribution in [2.45, 2.75) is 91.1 Å². The SMILES string of the molecule is CCOC(=O)C1(NC2CCCC2)CC(C)(C)CC(C)(C)C1. The molecule has 2 rings (SSSR count). The molecule has 21 heavy (non-hydrogen) atoms. The summed E-state index contributed by atoms with van der Waals surface area (Å²) in [6.07, 6.45) is 7.89. The Balaban J connectivity index is 2.27. The van der Waals surface area contributed by atoms with E-state index < -0.39 is 5.54 Å². The number of carbonyl (C=O) groups is 1. The quantitative estimate of drug-likeness (QED) is 0.795. The molecule has 2 fully saturated rings. The van der Waals surface area contributed by atoms with Gasteiger partial charge in [0.15, 0.2) is 0 Å². The highest BCUT2D eigenvalue weighted by Gasteiger charge is 2.53. The average molecular weight is 295 g/mol. The Morgan fingerprint density at radius 1 is 1.05 bits per heavy atom. The second-order valence-corrected chi connectivity index (χ2v) is 8.79. The lowest BCUT2D eigenvalue weighted by molar-refractivity contribution is -0.158. The summed E-state index contributed by atoms with van der Waals surface area (Å²) in [6, 6.07) is 0.485. The number of nitrogens with one attached hydrogen (secondary N) is 1. The van der Waals surface area contributed by atoms with Gasteiger partial charge in [-0.3, -0.25) is 10.1 Å². The van der Waals surface area contributed by atoms with Gasteiger partial charge in [-0.25, -0.2) is 0 Å². The lowest BCUT2D eigenvalue weighted by atomic mass is 9.58. The molecule has 0 saturated heterocycles. The Labute approximate surface area is 130 Å². The average Bonchev–Trinajstić information content (AvgIpc) is 2.77. The molecule has 2 aliphatic carbocycles. The van der Waals surface area contributed by atoms with Crippen LogP contribution in [-0.2, 0) is 9.53 Å². The third-order valence-electron chi connectivity index (χ3n) is 5.02. The molecule has 0 amide bonds. The van der Waals surface area contributed by atoms with Gasteiger partial charge in [0.05, 0.1) is 6.61 Å². The Morgan fingerprint density at radius 3 is 2.05 bits per heavy atom. The second-order valence-electron chi connectivity index (χ2n) is 8.79. The molecular weight excluding hydrogens is 262 g/mol. The van der Waals surface area contributed by atoms with Crippen molar-refractivity contribution in [3.63, 3.8) is 0 Å². The minimum Gasteiger partial charge on any atom is -0.465 e. The number of rotatable bonds is 4. The Morgan fingerprint density at radius 2 is 1.57 bits per heavy atom. The summed E-state index contributed by atoms with van der Waals surface area (Å²) >= 11 is 0. The van der Waals surface area contributed by atoms with Crippen molar-refractivity contribution in [2.24, 2.45) is 10.8 Å². The maximum absolute atomic E-state index is 12.8.